The molecule has 1 aromatic rings. The van der Waals surface area contributed by atoms with Gasteiger partial charge in [0.25, 0.3) is 0 Å². The van der Waals surface area contributed by atoms with Gasteiger partial charge in [-0.25, -0.2) is 0 Å². The molecule has 0 aromatic heterocycles. The third kappa shape index (κ3) is 4.83. The predicted molar refractivity (Wildman–Crippen MR) is 81.8 cm³/mol. The van der Waals surface area contributed by atoms with E-state index in [0.29, 0.717) is 13.2 Å². The van der Waals surface area contributed by atoms with Gasteiger partial charge in [0.1, 0.15) is 0 Å². The van der Waals surface area contributed by atoms with Gasteiger partial charge in [-0.05, 0) is 24.0 Å². The van der Waals surface area contributed by atoms with Crippen LogP contribution in [0.3, 0.4) is 0 Å². The second-order valence-electron chi connectivity index (χ2n) is 5.94. The van der Waals surface area contributed by atoms with Crippen LogP contribution in [0.1, 0.15) is 43.2 Å². The molecule has 0 amide bonds. The molecule has 1 aliphatic carbocycles. The molecule has 116 valence electrons. The Morgan fingerprint density at radius 3 is 2.52 bits per heavy atom. The second kappa shape index (κ2) is 7.57. The van der Waals surface area contributed by atoms with Gasteiger partial charge in [0.15, 0.2) is 0 Å². The fourth-order valence-electron chi connectivity index (χ4n) is 2.86. The maximum atomic E-state index is 11.4. The van der Waals surface area contributed by atoms with Gasteiger partial charge in [-0.15, -0.1) is 0 Å². The Balaban J connectivity index is 1.89. The maximum Gasteiger partial charge on any atom is 0.309 e. The Hall–Kier alpha value is -1.39. The largest absolute Gasteiger partial charge is 0.469 e. The maximum absolute atomic E-state index is 11.4. The molecule has 0 spiro atoms. The van der Waals surface area contributed by atoms with Gasteiger partial charge < -0.3 is 15.2 Å². The molecule has 0 saturated heterocycles. The summed E-state index contributed by atoms with van der Waals surface area (Å²) in [4.78, 5) is 11.4. The van der Waals surface area contributed by atoms with E-state index in [4.69, 9.17) is 15.2 Å². The number of ether oxygens (including phenoxy) is 2. The molecule has 2 rings (SSSR count). The Kier molecular flexibility index (Phi) is 5.76. The smallest absolute Gasteiger partial charge is 0.309 e. The number of carbonyl (C=O) groups excluding carboxylic acids is 1. The lowest BCUT2D eigenvalue weighted by Crippen LogP contribution is -2.46. The Bertz CT molecular complexity index is 467. The molecular formula is C17H25NO3. The third-order valence-electron chi connectivity index (χ3n) is 4.18. The summed E-state index contributed by atoms with van der Waals surface area (Å²) in [6.07, 6.45) is 6.02. The van der Waals surface area contributed by atoms with Crippen LogP contribution in [-0.2, 0) is 27.3 Å². The van der Waals surface area contributed by atoms with Crippen molar-refractivity contribution in [3.63, 3.8) is 0 Å². The van der Waals surface area contributed by atoms with Crippen molar-refractivity contribution in [1.29, 1.82) is 0 Å². The first-order valence-electron chi connectivity index (χ1n) is 7.63. The topological polar surface area (TPSA) is 61.5 Å². The van der Waals surface area contributed by atoms with Crippen molar-refractivity contribution in [2.24, 2.45) is 5.73 Å². The second-order valence-corrected chi connectivity index (χ2v) is 5.94. The van der Waals surface area contributed by atoms with Crippen LogP contribution >= 0.6 is 0 Å². The number of hydrogen-bond donors (Lipinski definition) is 1. The molecule has 0 bridgehead atoms. The van der Waals surface area contributed by atoms with E-state index in [9.17, 15) is 4.79 Å². The number of methoxy groups -OCH3 is 1. The van der Waals surface area contributed by atoms with E-state index in [1.807, 2.05) is 24.3 Å². The summed E-state index contributed by atoms with van der Waals surface area (Å²) in [5.41, 5.74) is 8.18. The van der Waals surface area contributed by atoms with Gasteiger partial charge in [0, 0.05) is 5.54 Å². The SMILES string of the molecule is COC(=O)Cc1ccccc1COCC1(N)CCCCC1. The van der Waals surface area contributed by atoms with E-state index in [-0.39, 0.29) is 17.9 Å². The number of benzene rings is 1. The molecule has 0 unspecified atom stereocenters. The highest BCUT2D eigenvalue weighted by Gasteiger charge is 2.27. The molecule has 4 heteroatoms. The molecule has 4 nitrogen and oxygen atoms in total. The van der Waals surface area contributed by atoms with Crippen LogP contribution < -0.4 is 5.73 Å². The Morgan fingerprint density at radius 1 is 1.19 bits per heavy atom. The number of carbonyl (C=O) groups is 1. The lowest BCUT2D eigenvalue weighted by molar-refractivity contribution is -0.139. The van der Waals surface area contributed by atoms with Crippen molar-refractivity contribution in [3.05, 3.63) is 35.4 Å². The zero-order chi connectivity index (χ0) is 15.1. The van der Waals surface area contributed by atoms with Crippen molar-refractivity contribution >= 4 is 5.97 Å². The first-order valence-corrected chi connectivity index (χ1v) is 7.63. The van der Waals surface area contributed by atoms with E-state index >= 15 is 0 Å². The van der Waals surface area contributed by atoms with Crippen LogP contribution in [0.5, 0.6) is 0 Å². The van der Waals surface area contributed by atoms with E-state index in [1.54, 1.807) is 0 Å². The quantitative estimate of drug-likeness (QED) is 0.818. The molecule has 0 radical (unpaired) electrons. The average molecular weight is 291 g/mol. The summed E-state index contributed by atoms with van der Waals surface area (Å²) in [7, 11) is 1.41. The summed E-state index contributed by atoms with van der Waals surface area (Å²) < 4.78 is 10.6. The molecule has 0 aliphatic heterocycles. The van der Waals surface area contributed by atoms with Gasteiger partial charge in [-0.2, -0.15) is 0 Å². The summed E-state index contributed by atoms with van der Waals surface area (Å²) in [6, 6.07) is 7.81. The minimum atomic E-state index is -0.231. The van der Waals surface area contributed by atoms with Crippen LogP contribution in [0, 0.1) is 0 Å². The molecule has 21 heavy (non-hydrogen) atoms. The molecule has 2 N–H and O–H groups in total. The lowest BCUT2D eigenvalue weighted by atomic mass is 9.83. The van der Waals surface area contributed by atoms with Crippen LogP contribution in [-0.4, -0.2) is 25.2 Å². The van der Waals surface area contributed by atoms with Crippen LogP contribution in [0.2, 0.25) is 0 Å². The number of nitrogens with two attached hydrogens (primary N) is 1. The van der Waals surface area contributed by atoms with Crippen molar-refractivity contribution in [3.8, 4) is 0 Å². The first-order chi connectivity index (χ1) is 10.1. The zero-order valence-electron chi connectivity index (χ0n) is 12.8. The highest BCUT2D eigenvalue weighted by Crippen LogP contribution is 2.26. The minimum Gasteiger partial charge on any atom is -0.469 e. The van der Waals surface area contributed by atoms with Crippen molar-refractivity contribution in [1.82, 2.24) is 0 Å². The first kappa shape index (κ1) is 16.0. The molecule has 1 aliphatic rings. The van der Waals surface area contributed by atoms with E-state index in [2.05, 4.69) is 0 Å². The van der Waals surface area contributed by atoms with Crippen molar-refractivity contribution in [2.45, 2.75) is 50.7 Å². The van der Waals surface area contributed by atoms with E-state index in [1.165, 1.54) is 26.4 Å². The van der Waals surface area contributed by atoms with Crippen LogP contribution in [0.15, 0.2) is 24.3 Å². The molecule has 0 heterocycles. The molecule has 1 saturated carbocycles. The standard InChI is InChI=1S/C17H25NO3/c1-20-16(19)11-14-7-3-4-8-15(14)12-21-13-17(18)9-5-2-6-10-17/h3-4,7-8H,2,5-6,9-13,18H2,1H3. The van der Waals surface area contributed by atoms with Crippen LogP contribution in [0.25, 0.3) is 0 Å². The Morgan fingerprint density at radius 2 is 1.86 bits per heavy atom. The molecule has 0 atom stereocenters. The van der Waals surface area contributed by atoms with E-state index < -0.39 is 0 Å². The fourth-order valence-corrected chi connectivity index (χ4v) is 2.86. The molecule has 1 fully saturated rings. The Labute approximate surface area is 126 Å². The average Bonchev–Trinajstić information content (AvgIpc) is 2.49. The normalized spacial score (nSPS) is 17.4. The summed E-state index contributed by atoms with van der Waals surface area (Å²) in [5, 5.41) is 0. The van der Waals surface area contributed by atoms with Gasteiger partial charge in [0.05, 0.1) is 26.7 Å². The van der Waals surface area contributed by atoms with Crippen molar-refractivity contribution in [2.75, 3.05) is 13.7 Å². The van der Waals surface area contributed by atoms with Gasteiger partial charge in [0.2, 0.25) is 0 Å². The van der Waals surface area contributed by atoms with Gasteiger partial charge >= 0.3 is 5.97 Å². The van der Waals surface area contributed by atoms with Crippen molar-refractivity contribution < 1.29 is 14.3 Å². The number of esters is 1. The highest BCUT2D eigenvalue weighted by molar-refractivity contribution is 5.72. The summed E-state index contributed by atoms with van der Waals surface area (Å²) in [6.45, 7) is 1.08. The monoisotopic (exact) mass is 291 g/mol. The lowest BCUT2D eigenvalue weighted by Gasteiger charge is -2.33. The van der Waals surface area contributed by atoms with Crippen LogP contribution in [0.4, 0.5) is 0 Å². The number of rotatable bonds is 6. The van der Waals surface area contributed by atoms with Gasteiger partial charge in [-0.1, -0.05) is 43.5 Å². The highest BCUT2D eigenvalue weighted by atomic mass is 16.5. The van der Waals surface area contributed by atoms with Gasteiger partial charge in [-0.3, -0.25) is 4.79 Å². The minimum absolute atomic E-state index is 0.171. The third-order valence-corrected chi connectivity index (χ3v) is 4.18. The molecular weight excluding hydrogens is 266 g/mol. The fraction of sp³-hybridized carbons (Fsp3) is 0.588. The zero-order valence-corrected chi connectivity index (χ0v) is 12.8. The summed E-state index contributed by atoms with van der Waals surface area (Å²) >= 11 is 0. The molecule has 1 aromatic carbocycles. The number of hydrogen-bond acceptors (Lipinski definition) is 4. The van der Waals surface area contributed by atoms with E-state index in [0.717, 1.165) is 24.0 Å². The predicted octanol–water partition coefficient (Wildman–Crippen LogP) is 2.58. The summed E-state index contributed by atoms with van der Waals surface area (Å²) in [5.74, 6) is -0.231.